The third-order valence-corrected chi connectivity index (χ3v) is 4.23. The molecule has 0 aromatic heterocycles. The van der Waals surface area contributed by atoms with E-state index in [0.717, 1.165) is 32.1 Å². The fourth-order valence-corrected chi connectivity index (χ4v) is 2.91. The minimum absolute atomic E-state index is 0.162. The fraction of sp³-hybridized carbons (Fsp3) is 0.875. The van der Waals surface area contributed by atoms with Gasteiger partial charge in [-0.2, -0.15) is 0 Å². The Hall–Kier alpha value is -1.14. The molecule has 0 bridgehead atoms. The highest BCUT2D eigenvalue weighted by Crippen LogP contribution is 2.37. The van der Waals surface area contributed by atoms with E-state index in [2.05, 4.69) is 24.5 Å². The number of nitrogens with one attached hydrogen (secondary N) is 2. The van der Waals surface area contributed by atoms with Crippen LogP contribution in [0.1, 0.15) is 52.4 Å². The minimum atomic E-state index is -0.600. The van der Waals surface area contributed by atoms with E-state index in [9.17, 15) is 9.59 Å². The zero-order valence-corrected chi connectivity index (χ0v) is 13.7. The maximum atomic E-state index is 11.7. The molecule has 1 spiro atoms. The zero-order chi connectivity index (χ0) is 16.0. The lowest BCUT2D eigenvalue weighted by molar-refractivity contribution is -0.186. The molecular weight excluding hydrogens is 284 g/mol. The molecule has 2 amide bonds. The molecule has 0 aromatic carbocycles. The summed E-state index contributed by atoms with van der Waals surface area (Å²) in [6.45, 7) is 5.47. The van der Waals surface area contributed by atoms with Crippen molar-refractivity contribution in [3.63, 3.8) is 0 Å². The van der Waals surface area contributed by atoms with Crippen LogP contribution in [0.4, 0.5) is 0 Å². The van der Waals surface area contributed by atoms with E-state index in [4.69, 9.17) is 9.47 Å². The summed E-state index contributed by atoms with van der Waals surface area (Å²) in [5.41, 5.74) is 0. The van der Waals surface area contributed by atoms with E-state index < -0.39 is 17.6 Å². The van der Waals surface area contributed by atoms with Crippen molar-refractivity contribution in [2.45, 2.75) is 64.3 Å². The van der Waals surface area contributed by atoms with Gasteiger partial charge in [-0.3, -0.25) is 9.59 Å². The van der Waals surface area contributed by atoms with Crippen molar-refractivity contribution in [2.75, 3.05) is 19.7 Å². The van der Waals surface area contributed by atoms with Gasteiger partial charge in [-0.1, -0.05) is 20.3 Å². The molecule has 0 radical (unpaired) electrons. The molecule has 1 saturated heterocycles. The first-order valence-corrected chi connectivity index (χ1v) is 8.38. The average Bonchev–Trinajstić information content (AvgIpc) is 2.87. The van der Waals surface area contributed by atoms with Gasteiger partial charge < -0.3 is 20.1 Å². The van der Waals surface area contributed by atoms with Gasteiger partial charge in [0.15, 0.2) is 5.79 Å². The van der Waals surface area contributed by atoms with Gasteiger partial charge in [0.25, 0.3) is 0 Å². The quantitative estimate of drug-likeness (QED) is 0.751. The Balaban J connectivity index is 1.65. The summed E-state index contributed by atoms with van der Waals surface area (Å²) in [5.74, 6) is -1.12. The van der Waals surface area contributed by atoms with Gasteiger partial charge in [0.1, 0.15) is 6.10 Å². The van der Waals surface area contributed by atoms with Crippen LogP contribution >= 0.6 is 0 Å². The highest BCUT2D eigenvalue weighted by atomic mass is 16.7. The van der Waals surface area contributed by atoms with E-state index in [-0.39, 0.29) is 6.10 Å². The van der Waals surface area contributed by atoms with Crippen LogP contribution < -0.4 is 10.6 Å². The molecule has 2 N–H and O–H groups in total. The van der Waals surface area contributed by atoms with Crippen molar-refractivity contribution >= 4 is 11.8 Å². The van der Waals surface area contributed by atoms with Crippen LogP contribution in [0, 0.1) is 5.92 Å². The van der Waals surface area contributed by atoms with E-state index in [0.29, 0.717) is 25.6 Å². The topological polar surface area (TPSA) is 76.7 Å². The molecule has 1 saturated carbocycles. The van der Waals surface area contributed by atoms with Crippen LogP contribution in [0.25, 0.3) is 0 Å². The number of carbonyl (C=O) groups excluding carboxylic acids is 2. The van der Waals surface area contributed by atoms with Crippen LogP contribution in [0.5, 0.6) is 0 Å². The number of ether oxygens (including phenoxy) is 2. The summed E-state index contributed by atoms with van der Waals surface area (Å²) in [6, 6.07) is 0. The molecule has 1 unspecified atom stereocenters. The second-order valence-corrected chi connectivity index (χ2v) is 6.67. The Morgan fingerprint density at radius 2 is 1.82 bits per heavy atom. The molecule has 6 heteroatoms. The van der Waals surface area contributed by atoms with Gasteiger partial charge in [-0.25, -0.2) is 0 Å². The lowest BCUT2D eigenvalue weighted by Crippen LogP contribution is -2.44. The zero-order valence-electron chi connectivity index (χ0n) is 13.7. The van der Waals surface area contributed by atoms with Crippen molar-refractivity contribution in [1.82, 2.24) is 10.6 Å². The number of carbonyl (C=O) groups is 2. The van der Waals surface area contributed by atoms with Gasteiger partial charge in [-0.15, -0.1) is 0 Å². The van der Waals surface area contributed by atoms with Crippen molar-refractivity contribution in [3.05, 3.63) is 0 Å². The Kier molecular flexibility index (Phi) is 6.20. The second-order valence-electron chi connectivity index (χ2n) is 6.67. The summed E-state index contributed by atoms with van der Waals surface area (Å²) < 4.78 is 11.8. The minimum Gasteiger partial charge on any atom is -0.348 e. The number of hydrogen-bond acceptors (Lipinski definition) is 4. The van der Waals surface area contributed by atoms with Crippen molar-refractivity contribution in [2.24, 2.45) is 5.92 Å². The SMILES string of the molecule is CC(C)CCNC(=O)C(=O)NCC1COC2(CCCCC2)O1. The molecule has 0 aromatic rings. The number of hydrogen-bond donors (Lipinski definition) is 2. The van der Waals surface area contributed by atoms with Gasteiger partial charge >= 0.3 is 11.8 Å². The Morgan fingerprint density at radius 1 is 1.14 bits per heavy atom. The van der Waals surface area contributed by atoms with Gasteiger partial charge in [-0.05, 0) is 25.2 Å². The highest BCUT2D eigenvalue weighted by Gasteiger charge is 2.42. The monoisotopic (exact) mass is 312 g/mol. The van der Waals surface area contributed by atoms with E-state index >= 15 is 0 Å². The number of rotatable bonds is 5. The molecule has 1 aliphatic carbocycles. The summed E-state index contributed by atoms with van der Waals surface area (Å²) in [5, 5.41) is 5.25. The summed E-state index contributed by atoms with van der Waals surface area (Å²) >= 11 is 0. The standard InChI is InChI=1S/C16H28N2O4/c1-12(2)6-9-17-14(19)15(20)18-10-13-11-21-16(22-13)7-4-3-5-8-16/h12-13H,3-11H2,1-2H3,(H,17,19)(H,18,20). The Bertz CT molecular complexity index is 392. The molecule has 6 nitrogen and oxygen atoms in total. The first kappa shape index (κ1) is 17.2. The predicted octanol–water partition coefficient (Wildman–Crippen LogP) is 1.34. The maximum Gasteiger partial charge on any atom is 0.309 e. The summed E-state index contributed by atoms with van der Waals surface area (Å²) in [7, 11) is 0. The molecule has 1 aliphatic heterocycles. The lowest BCUT2D eigenvalue weighted by atomic mass is 9.94. The van der Waals surface area contributed by atoms with Crippen molar-refractivity contribution < 1.29 is 19.1 Å². The molecule has 126 valence electrons. The number of amides is 2. The summed E-state index contributed by atoms with van der Waals surface area (Å²) in [6.07, 6.45) is 6.02. The van der Waals surface area contributed by atoms with E-state index in [1.165, 1.54) is 6.42 Å². The fourth-order valence-electron chi connectivity index (χ4n) is 2.91. The molecule has 1 atom stereocenters. The lowest BCUT2D eigenvalue weighted by Gasteiger charge is -2.31. The molecule has 2 fully saturated rings. The Morgan fingerprint density at radius 3 is 2.50 bits per heavy atom. The smallest absolute Gasteiger partial charge is 0.309 e. The van der Waals surface area contributed by atoms with Crippen LogP contribution in [0.15, 0.2) is 0 Å². The molecular formula is C16H28N2O4. The van der Waals surface area contributed by atoms with E-state index in [1.807, 2.05) is 0 Å². The molecule has 22 heavy (non-hydrogen) atoms. The normalized spacial score (nSPS) is 23.7. The predicted molar refractivity (Wildman–Crippen MR) is 82.1 cm³/mol. The largest absolute Gasteiger partial charge is 0.348 e. The Labute approximate surface area is 132 Å². The second kappa shape index (κ2) is 7.92. The average molecular weight is 312 g/mol. The van der Waals surface area contributed by atoms with Crippen LogP contribution in [0.2, 0.25) is 0 Å². The van der Waals surface area contributed by atoms with Crippen molar-refractivity contribution in [3.8, 4) is 0 Å². The third-order valence-electron chi connectivity index (χ3n) is 4.23. The molecule has 2 rings (SSSR count). The first-order valence-electron chi connectivity index (χ1n) is 8.38. The van der Waals surface area contributed by atoms with Crippen LogP contribution in [0.3, 0.4) is 0 Å². The maximum absolute atomic E-state index is 11.7. The van der Waals surface area contributed by atoms with Gasteiger partial charge in [0.2, 0.25) is 0 Å². The van der Waals surface area contributed by atoms with Crippen molar-refractivity contribution in [1.29, 1.82) is 0 Å². The third kappa shape index (κ3) is 4.95. The molecule has 1 heterocycles. The van der Waals surface area contributed by atoms with Gasteiger partial charge in [0.05, 0.1) is 6.61 Å². The van der Waals surface area contributed by atoms with Gasteiger partial charge in [0, 0.05) is 25.9 Å². The van der Waals surface area contributed by atoms with Crippen LogP contribution in [-0.2, 0) is 19.1 Å². The van der Waals surface area contributed by atoms with E-state index in [1.54, 1.807) is 0 Å². The summed E-state index contributed by atoms with van der Waals surface area (Å²) in [4.78, 5) is 23.4. The highest BCUT2D eigenvalue weighted by molar-refractivity contribution is 6.35. The first-order chi connectivity index (χ1) is 10.5. The van der Waals surface area contributed by atoms with Crippen LogP contribution in [-0.4, -0.2) is 43.4 Å². The molecule has 2 aliphatic rings.